The Morgan fingerprint density at radius 1 is 1.13 bits per heavy atom. The number of fused-ring (bicyclic) bond motifs is 2. The summed E-state index contributed by atoms with van der Waals surface area (Å²) in [5, 5.41) is 10.6. The molecule has 2 atom stereocenters. The molecule has 3 rings (SSSR count). The third kappa shape index (κ3) is 2.79. The highest BCUT2D eigenvalue weighted by Gasteiger charge is 2.57. The molecule has 0 saturated carbocycles. The van der Waals surface area contributed by atoms with Crippen LogP contribution >= 0.6 is 0 Å². The van der Waals surface area contributed by atoms with Gasteiger partial charge in [0.2, 0.25) is 0 Å². The number of carbonyl (C=O) groups excluding carboxylic acids is 4. The zero-order valence-electron chi connectivity index (χ0n) is 18.0. The van der Waals surface area contributed by atoms with E-state index in [-0.39, 0.29) is 33.8 Å². The number of benzene rings is 1. The minimum atomic E-state index is -1.23. The van der Waals surface area contributed by atoms with E-state index in [0.717, 1.165) is 0 Å². The predicted octanol–water partition coefficient (Wildman–Crippen LogP) is 3.49. The molecule has 2 aliphatic carbocycles. The lowest BCUT2D eigenvalue weighted by Gasteiger charge is -2.44. The summed E-state index contributed by atoms with van der Waals surface area (Å²) >= 11 is 0. The van der Waals surface area contributed by atoms with Crippen molar-refractivity contribution < 1.29 is 33.8 Å². The Morgan fingerprint density at radius 2 is 1.77 bits per heavy atom. The Balaban J connectivity index is 2.39. The van der Waals surface area contributed by atoms with Gasteiger partial charge in [-0.25, -0.2) is 4.79 Å². The molecule has 1 N–H and O–H groups in total. The molecule has 1 aromatic carbocycles. The van der Waals surface area contributed by atoms with Gasteiger partial charge >= 0.3 is 5.97 Å². The molecule has 7 nitrogen and oxygen atoms in total. The zero-order valence-corrected chi connectivity index (χ0v) is 18.0. The van der Waals surface area contributed by atoms with Crippen LogP contribution in [-0.4, -0.2) is 42.6 Å². The van der Waals surface area contributed by atoms with Crippen molar-refractivity contribution in [2.75, 3.05) is 14.2 Å². The van der Waals surface area contributed by atoms with Gasteiger partial charge in [0.05, 0.1) is 26.1 Å². The van der Waals surface area contributed by atoms with E-state index in [4.69, 9.17) is 9.47 Å². The van der Waals surface area contributed by atoms with E-state index in [1.54, 1.807) is 13.8 Å². The lowest BCUT2D eigenvalue weighted by atomic mass is 9.56. The molecular formula is C23H26O7. The molecule has 1 aromatic rings. The van der Waals surface area contributed by atoms with Crippen molar-refractivity contribution in [1.82, 2.24) is 0 Å². The fourth-order valence-electron chi connectivity index (χ4n) is 4.80. The summed E-state index contributed by atoms with van der Waals surface area (Å²) in [7, 11) is 2.60. The van der Waals surface area contributed by atoms with Crippen LogP contribution in [0.5, 0.6) is 5.75 Å². The molecule has 2 aliphatic rings. The van der Waals surface area contributed by atoms with E-state index in [2.05, 4.69) is 0 Å². The van der Waals surface area contributed by atoms with Gasteiger partial charge in [-0.05, 0) is 25.0 Å². The van der Waals surface area contributed by atoms with E-state index < -0.39 is 40.6 Å². The molecule has 0 radical (unpaired) electrons. The Hall–Kier alpha value is -2.96. The maximum Gasteiger partial charge on any atom is 0.341 e. The van der Waals surface area contributed by atoms with E-state index in [1.165, 1.54) is 27.2 Å². The highest BCUT2D eigenvalue weighted by atomic mass is 16.5. The number of Topliss-reactive ketones (excluding diaryl/α,β-unsaturated/α-hetero) is 3. The zero-order chi connectivity index (χ0) is 22.5. The monoisotopic (exact) mass is 414 g/mol. The van der Waals surface area contributed by atoms with Gasteiger partial charge in [0, 0.05) is 22.1 Å². The lowest BCUT2D eigenvalue weighted by molar-refractivity contribution is -0.121. The second kappa shape index (κ2) is 7.38. The van der Waals surface area contributed by atoms with Gasteiger partial charge in [0.1, 0.15) is 17.1 Å². The van der Waals surface area contributed by atoms with Crippen molar-refractivity contribution in [3.05, 3.63) is 39.7 Å². The number of methoxy groups -OCH3 is 2. The number of hydrogen-bond acceptors (Lipinski definition) is 7. The van der Waals surface area contributed by atoms with Crippen LogP contribution in [0, 0.1) is 17.3 Å². The topological polar surface area (TPSA) is 107 Å². The fraction of sp³-hybridized carbons (Fsp3) is 0.478. The largest absolute Gasteiger partial charge is 0.511 e. The number of carbonyl (C=O) groups is 4. The van der Waals surface area contributed by atoms with Crippen LogP contribution in [0.1, 0.15) is 70.8 Å². The SMILES string of the molecule is CCCc1c(C(=O)OC)c(OC)cc2c1C(=O)C1C(=O)C(C)=C(O)C(C)(C)C1C2=O. The number of aliphatic hydroxyl groups excluding tert-OH is 1. The van der Waals surface area contributed by atoms with Crippen LogP contribution in [0.4, 0.5) is 0 Å². The molecule has 0 saturated heterocycles. The summed E-state index contributed by atoms with van der Waals surface area (Å²) in [6, 6.07) is 1.37. The first-order chi connectivity index (χ1) is 14.0. The van der Waals surface area contributed by atoms with Crippen LogP contribution in [0.25, 0.3) is 0 Å². The minimum absolute atomic E-state index is 0.0858. The Labute approximate surface area is 175 Å². The fourth-order valence-corrected chi connectivity index (χ4v) is 4.80. The highest BCUT2D eigenvalue weighted by Crippen LogP contribution is 2.51. The molecular weight excluding hydrogens is 388 g/mol. The van der Waals surface area contributed by atoms with E-state index in [1.807, 2.05) is 6.92 Å². The quantitative estimate of drug-likeness (QED) is 0.594. The second-order valence-electron chi connectivity index (χ2n) is 8.34. The number of rotatable bonds is 4. The third-order valence-corrected chi connectivity index (χ3v) is 6.31. The smallest absolute Gasteiger partial charge is 0.341 e. The Kier molecular flexibility index (Phi) is 5.35. The lowest BCUT2D eigenvalue weighted by Crippen LogP contribution is -2.52. The molecule has 160 valence electrons. The molecule has 7 heteroatoms. The number of allylic oxidation sites excluding steroid dienone is 2. The van der Waals surface area contributed by atoms with E-state index in [0.29, 0.717) is 18.4 Å². The average Bonchev–Trinajstić information content (AvgIpc) is 2.72. The van der Waals surface area contributed by atoms with Gasteiger partial charge in [0.15, 0.2) is 17.3 Å². The van der Waals surface area contributed by atoms with Crippen LogP contribution in [-0.2, 0) is 16.0 Å². The first-order valence-corrected chi connectivity index (χ1v) is 9.89. The van der Waals surface area contributed by atoms with Crippen molar-refractivity contribution >= 4 is 23.3 Å². The number of ether oxygens (including phenoxy) is 2. The average molecular weight is 414 g/mol. The number of ketones is 3. The van der Waals surface area contributed by atoms with E-state index >= 15 is 0 Å². The maximum atomic E-state index is 13.6. The van der Waals surface area contributed by atoms with E-state index in [9.17, 15) is 24.3 Å². The Morgan fingerprint density at radius 3 is 2.30 bits per heavy atom. The van der Waals surface area contributed by atoms with Crippen molar-refractivity contribution in [3.63, 3.8) is 0 Å². The summed E-state index contributed by atoms with van der Waals surface area (Å²) in [6.07, 6.45) is 0.927. The second-order valence-corrected chi connectivity index (χ2v) is 8.34. The van der Waals surface area contributed by atoms with Crippen molar-refractivity contribution in [2.45, 2.75) is 40.5 Å². The van der Waals surface area contributed by atoms with Crippen molar-refractivity contribution in [1.29, 1.82) is 0 Å². The van der Waals surface area contributed by atoms with Gasteiger partial charge in [-0.1, -0.05) is 27.2 Å². The first-order valence-electron chi connectivity index (χ1n) is 9.89. The molecule has 0 aliphatic heterocycles. The number of aliphatic hydroxyl groups is 1. The van der Waals surface area contributed by atoms with Crippen molar-refractivity contribution in [3.8, 4) is 5.75 Å². The summed E-state index contributed by atoms with van der Waals surface area (Å²) < 4.78 is 10.3. The van der Waals surface area contributed by atoms with Crippen LogP contribution < -0.4 is 4.74 Å². The van der Waals surface area contributed by atoms with Gasteiger partial charge in [-0.15, -0.1) is 0 Å². The highest BCUT2D eigenvalue weighted by molar-refractivity contribution is 6.27. The predicted molar refractivity (Wildman–Crippen MR) is 108 cm³/mol. The van der Waals surface area contributed by atoms with Crippen LogP contribution in [0.3, 0.4) is 0 Å². The molecule has 0 aromatic heterocycles. The van der Waals surface area contributed by atoms with Gasteiger partial charge in [-0.2, -0.15) is 0 Å². The molecule has 0 spiro atoms. The molecule has 30 heavy (non-hydrogen) atoms. The normalized spacial score (nSPS) is 22.5. The standard InChI is InChI=1S/C23H26O7/c1-7-8-11-14-12(9-13(29-5)15(11)22(28)30-6)19(25)17-16(20(14)26)18(24)10(2)21(27)23(17,3)4/h9,16-17,27H,7-8H2,1-6H3. The van der Waals surface area contributed by atoms with Crippen molar-refractivity contribution in [2.24, 2.45) is 17.3 Å². The molecule has 0 amide bonds. The number of hydrogen-bond donors (Lipinski definition) is 1. The Bertz CT molecular complexity index is 1010. The van der Waals surface area contributed by atoms with Gasteiger partial charge in [0.25, 0.3) is 0 Å². The molecule has 0 heterocycles. The van der Waals surface area contributed by atoms with Crippen LogP contribution in [0.15, 0.2) is 17.4 Å². The summed E-state index contributed by atoms with van der Waals surface area (Å²) in [4.78, 5) is 52.7. The molecule has 0 fully saturated rings. The minimum Gasteiger partial charge on any atom is -0.511 e. The number of esters is 1. The first kappa shape index (κ1) is 21.7. The summed E-state index contributed by atoms with van der Waals surface area (Å²) in [6.45, 7) is 6.65. The van der Waals surface area contributed by atoms with Crippen LogP contribution in [0.2, 0.25) is 0 Å². The van der Waals surface area contributed by atoms with Gasteiger partial charge < -0.3 is 14.6 Å². The summed E-state index contributed by atoms with van der Waals surface area (Å²) in [5.74, 6) is -4.45. The molecule has 0 bridgehead atoms. The third-order valence-electron chi connectivity index (χ3n) is 6.31. The maximum absolute atomic E-state index is 13.6. The summed E-state index contributed by atoms with van der Waals surface area (Å²) in [5.41, 5.74) is -0.350. The van der Waals surface area contributed by atoms with Gasteiger partial charge in [-0.3, -0.25) is 14.4 Å². The molecule has 2 unspecified atom stereocenters.